The fourth-order valence-electron chi connectivity index (χ4n) is 1.94. The minimum absolute atomic E-state index is 0.0626. The number of rotatable bonds is 5. The van der Waals surface area contributed by atoms with Crippen molar-refractivity contribution in [1.29, 1.82) is 0 Å². The molecule has 1 amide bonds. The Balaban J connectivity index is 1.88. The first kappa shape index (κ1) is 18.7. The summed E-state index contributed by atoms with van der Waals surface area (Å²) >= 11 is 5.07. The van der Waals surface area contributed by atoms with Gasteiger partial charge in [0.15, 0.2) is 6.61 Å². The van der Waals surface area contributed by atoms with Crippen LogP contribution in [0.25, 0.3) is 0 Å². The van der Waals surface area contributed by atoms with Crippen LogP contribution in [0, 0.1) is 6.92 Å². The molecular formula is C18H21BrN2O2S. The van der Waals surface area contributed by atoms with Crippen LogP contribution in [0.5, 0.6) is 5.75 Å². The summed E-state index contributed by atoms with van der Waals surface area (Å²) in [5, 5.41) is 5.94. The third-order valence-corrected chi connectivity index (χ3v) is 5.00. The van der Waals surface area contributed by atoms with E-state index in [0.717, 1.165) is 14.9 Å². The highest BCUT2D eigenvalue weighted by Crippen LogP contribution is 2.31. The average molecular weight is 409 g/mol. The highest BCUT2D eigenvalue weighted by molar-refractivity contribution is 9.10. The molecule has 1 N–H and O–H groups in total. The smallest absolute Gasteiger partial charge is 0.277 e. The lowest BCUT2D eigenvalue weighted by molar-refractivity contribution is -0.123. The lowest BCUT2D eigenvalue weighted by Crippen LogP contribution is -2.24. The van der Waals surface area contributed by atoms with Gasteiger partial charge in [-0.05, 0) is 63.0 Å². The molecule has 0 aliphatic carbocycles. The van der Waals surface area contributed by atoms with Gasteiger partial charge in [0, 0.05) is 4.88 Å². The number of carbonyl (C=O) groups is 1. The summed E-state index contributed by atoms with van der Waals surface area (Å²) in [4.78, 5) is 12.8. The van der Waals surface area contributed by atoms with Crippen molar-refractivity contribution < 1.29 is 9.53 Å². The second-order valence-corrected chi connectivity index (χ2v) is 8.25. The molecule has 24 heavy (non-hydrogen) atoms. The molecule has 1 aromatic carbocycles. The van der Waals surface area contributed by atoms with Crippen LogP contribution < -0.4 is 10.2 Å². The number of ether oxygens (including phenoxy) is 1. The summed E-state index contributed by atoms with van der Waals surface area (Å²) in [5.74, 6) is 0.337. The van der Waals surface area contributed by atoms with Crippen LogP contribution in [-0.4, -0.2) is 18.7 Å². The number of amides is 1. The van der Waals surface area contributed by atoms with Crippen LogP contribution >= 0.6 is 27.3 Å². The van der Waals surface area contributed by atoms with Crippen molar-refractivity contribution in [3.8, 4) is 5.75 Å². The first-order valence-corrected chi connectivity index (χ1v) is 9.23. The number of hydrogen-bond acceptors (Lipinski definition) is 4. The number of thiophene rings is 1. The standard InChI is InChI=1S/C18H21BrN2O2S/c1-12-7-8-24-16(12)10-20-21-17(22)11-23-15-6-5-13(9-14(15)19)18(2,3)4/h5-10H,11H2,1-4H3,(H,21,22). The number of benzene rings is 1. The first-order valence-electron chi connectivity index (χ1n) is 7.56. The predicted octanol–water partition coefficient (Wildman–Crippen LogP) is 4.65. The largest absolute Gasteiger partial charge is 0.483 e. The van der Waals surface area contributed by atoms with E-state index >= 15 is 0 Å². The normalized spacial score (nSPS) is 11.7. The van der Waals surface area contributed by atoms with Gasteiger partial charge in [0.2, 0.25) is 0 Å². The molecule has 0 saturated carbocycles. The van der Waals surface area contributed by atoms with Gasteiger partial charge in [-0.25, -0.2) is 5.43 Å². The van der Waals surface area contributed by atoms with Gasteiger partial charge in [-0.15, -0.1) is 11.3 Å². The van der Waals surface area contributed by atoms with E-state index in [1.807, 2.05) is 36.6 Å². The first-order chi connectivity index (χ1) is 11.3. The van der Waals surface area contributed by atoms with Gasteiger partial charge in [0.1, 0.15) is 5.75 Å². The summed E-state index contributed by atoms with van der Waals surface area (Å²) in [6, 6.07) is 7.91. The number of hydrogen-bond donors (Lipinski definition) is 1. The van der Waals surface area contributed by atoms with Gasteiger partial charge in [-0.1, -0.05) is 26.8 Å². The van der Waals surface area contributed by atoms with Gasteiger partial charge >= 0.3 is 0 Å². The minimum atomic E-state index is -0.299. The van der Waals surface area contributed by atoms with E-state index in [1.54, 1.807) is 17.6 Å². The summed E-state index contributed by atoms with van der Waals surface area (Å²) in [6.07, 6.45) is 1.64. The number of nitrogens with zero attached hydrogens (tertiary/aromatic N) is 1. The molecule has 1 aromatic heterocycles. The van der Waals surface area contributed by atoms with E-state index in [9.17, 15) is 4.79 Å². The monoisotopic (exact) mass is 408 g/mol. The highest BCUT2D eigenvalue weighted by atomic mass is 79.9. The van der Waals surface area contributed by atoms with Crippen molar-refractivity contribution in [2.75, 3.05) is 6.61 Å². The topological polar surface area (TPSA) is 50.7 Å². The van der Waals surface area contributed by atoms with Gasteiger partial charge < -0.3 is 4.74 Å². The van der Waals surface area contributed by atoms with Crippen LogP contribution in [0.2, 0.25) is 0 Å². The Labute approximate surface area is 155 Å². The van der Waals surface area contributed by atoms with Crippen molar-refractivity contribution >= 4 is 39.4 Å². The van der Waals surface area contributed by atoms with Crippen molar-refractivity contribution in [1.82, 2.24) is 5.43 Å². The third-order valence-electron chi connectivity index (χ3n) is 3.43. The van der Waals surface area contributed by atoms with E-state index in [-0.39, 0.29) is 17.9 Å². The molecule has 4 nitrogen and oxygen atoms in total. The van der Waals surface area contributed by atoms with Crippen LogP contribution in [0.4, 0.5) is 0 Å². The van der Waals surface area contributed by atoms with Crippen LogP contribution in [-0.2, 0) is 10.2 Å². The molecule has 0 radical (unpaired) electrons. The maximum atomic E-state index is 11.8. The van der Waals surface area contributed by atoms with Gasteiger partial charge in [-0.3, -0.25) is 4.79 Å². The molecule has 2 rings (SSSR count). The number of carbonyl (C=O) groups excluding carboxylic acids is 1. The van der Waals surface area contributed by atoms with Gasteiger partial charge in [-0.2, -0.15) is 5.10 Å². The molecule has 0 aliphatic heterocycles. The molecular weight excluding hydrogens is 388 g/mol. The fraction of sp³-hybridized carbons (Fsp3) is 0.333. The molecule has 0 spiro atoms. The molecule has 0 atom stereocenters. The van der Waals surface area contributed by atoms with Crippen molar-refractivity contribution in [2.45, 2.75) is 33.1 Å². The lowest BCUT2D eigenvalue weighted by atomic mass is 9.87. The molecule has 6 heteroatoms. The van der Waals surface area contributed by atoms with Crippen LogP contribution in [0.3, 0.4) is 0 Å². The summed E-state index contributed by atoms with van der Waals surface area (Å²) in [5.41, 5.74) is 4.87. The third kappa shape index (κ3) is 5.18. The molecule has 0 unspecified atom stereocenters. The minimum Gasteiger partial charge on any atom is -0.483 e. The zero-order valence-electron chi connectivity index (χ0n) is 14.2. The second kappa shape index (κ2) is 7.94. The lowest BCUT2D eigenvalue weighted by Gasteiger charge is -2.20. The van der Waals surface area contributed by atoms with E-state index < -0.39 is 0 Å². The highest BCUT2D eigenvalue weighted by Gasteiger charge is 2.15. The predicted molar refractivity (Wildman–Crippen MR) is 103 cm³/mol. The number of halogens is 1. The zero-order chi connectivity index (χ0) is 17.7. The average Bonchev–Trinajstić information content (AvgIpc) is 2.90. The molecule has 0 bridgehead atoms. The van der Waals surface area contributed by atoms with E-state index in [0.29, 0.717) is 5.75 Å². The fourth-order valence-corrected chi connectivity index (χ4v) is 3.22. The molecule has 128 valence electrons. The molecule has 2 aromatic rings. The number of hydrazone groups is 1. The maximum Gasteiger partial charge on any atom is 0.277 e. The molecule has 0 aliphatic rings. The van der Waals surface area contributed by atoms with Gasteiger partial charge in [0.05, 0.1) is 10.7 Å². The van der Waals surface area contributed by atoms with Gasteiger partial charge in [0.25, 0.3) is 5.91 Å². The maximum absolute atomic E-state index is 11.8. The SMILES string of the molecule is Cc1ccsc1C=NNC(=O)COc1ccc(C(C)(C)C)cc1Br. The summed E-state index contributed by atoms with van der Waals surface area (Å²) < 4.78 is 6.38. The zero-order valence-corrected chi connectivity index (χ0v) is 16.6. The number of aryl methyl sites for hydroxylation is 1. The van der Waals surface area contributed by atoms with Crippen molar-refractivity contribution in [2.24, 2.45) is 5.10 Å². The second-order valence-electron chi connectivity index (χ2n) is 6.44. The van der Waals surface area contributed by atoms with Crippen LogP contribution in [0.1, 0.15) is 36.8 Å². The quantitative estimate of drug-likeness (QED) is 0.578. The Morgan fingerprint density at radius 3 is 2.71 bits per heavy atom. The molecule has 0 fully saturated rings. The summed E-state index contributed by atoms with van der Waals surface area (Å²) in [6.45, 7) is 8.36. The number of nitrogens with one attached hydrogen (secondary N) is 1. The van der Waals surface area contributed by atoms with E-state index in [1.165, 1.54) is 5.56 Å². The summed E-state index contributed by atoms with van der Waals surface area (Å²) in [7, 11) is 0. The Hall–Kier alpha value is -1.66. The Morgan fingerprint density at radius 2 is 2.12 bits per heavy atom. The van der Waals surface area contributed by atoms with E-state index in [2.05, 4.69) is 47.2 Å². The van der Waals surface area contributed by atoms with E-state index in [4.69, 9.17) is 4.74 Å². The molecule has 0 saturated heterocycles. The Bertz CT molecular complexity index is 748. The molecule has 1 heterocycles. The van der Waals surface area contributed by atoms with Crippen molar-refractivity contribution in [3.63, 3.8) is 0 Å². The Morgan fingerprint density at radius 1 is 1.38 bits per heavy atom. The Kier molecular flexibility index (Phi) is 6.18. The van der Waals surface area contributed by atoms with Crippen LogP contribution in [0.15, 0.2) is 39.2 Å². The van der Waals surface area contributed by atoms with Crippen molar-refractivity contribution in [3.05, 3.63) is 50.1 Å².